The quantitative estimate of drug-likeness (QED) is 0.760. The van der Waals surface area contributed by atoms with Gasteiger partial charge in [0.15, 0.2) is 5.82 Å². The molecule has 0 aliphatic carbocycles. The molecule has 0 aliphatic rings. The molecule has 0 bridgehead atoms. The Morgan fingerprint density at radius 1 is 1.29 bits per heavy atom. The predicted molar refractivity (Wildman–Crippen MR) is 58.2 cm³/mol. The molecule has 0 aliphatic heterocycles. The molecule has 1 heterocycles. The van der Waals surface area contributed by atoms with Crippen LogP contribution in [0.15, 0.2) is 0 Å². The Hall–Kier alpha value is -1.16. The van der Waals surface area contributed by atoms with E-state index in [-0.39, 0.29) is 0 Å². The van der Waals surface area contributed by atoms with Gasteiger partial charge in [-0.1, -0.05) is 6.92 Å². The maximum Gasteiger partial charge on any atom is 0.153 e. The number of nitrogens with zero attached hydrogens (tertiary/aromatic N) is 2. The number of hydrogen-bond donors (Lipinski definition) is 2. The number of aromatic nitrogens is 2. The monoisotopic (exact) mass is 194 g/mol. The Kier molecular flexibility index (Phi) is 3.83. The molecule has 4 nitrogen and oxygen atoms in total. The smallest absolute Gasteiger partial charge is 0.153 e. The van der Waals surface area contributed by atoms with Gasteiger partial charge < -0.3 is 11.1 Å². The lowest BCUT2D eigenvalue weighted by Crippen LogP contribution is -2.12. The van der Waals surface area contributed by atoms with Gasteiger partial charge in [0.05, 0.1) is 5.69 Å². The first-order valence-corrected chi connectivity index (χ1v) is 4.97. The lowest BCUT2D eigenvalue weighted by molar-refractivity contribution is 0.885. The predicted octanol–water partition coefficient (Wildman–Crippen LogP) is 1.37. The summed E-state index contributed by atoms with van der Waals surface area (Å²) in [6, 6.07) is 0. The molecule has 0 atom stereocenters. The highest BCUT2D eigenvalue weighted by Gasteiger charge is 2.08. The number of aryl methyl sites for hydroxylation is 1. The zero-order valence-corrected chi connectivity index (χ0v) is 9.09. The van der Waals surface area contributed by atoms with Gasteiger partial charge in [-0.2, -0.15) is 5.10 Å². The Morgan fingerprint density at radius 2 is 2.00 bits per heavy atom. The summed E-state index contributed by atoms with van der Waals surface area (Å²) in [6.07, 6.45) is 1.07. The number of nitrogens with one attached hydrogen (secondary N) is 1. The van der Waals surface area contributed by atoms with Crippen molar-refractivity contribution in [1.29, 1.82) is 0 Å². The Bertz CT molecular complexity index is 309. The standard InChI is InChI=1S/C10H18N4/c1-4-5-12-10-9(6-11)7(2)8(3)13-14-10/h4-6,11H2,1-3H3,(H,12,14). The molecule has 0 fully saturated rings. The molecule has 0 aromatic carbocycles. The summed E-state index contributed by atoms with van der Waals surface area (Å²) >= 11 is 0. The Balaban J connectivity index is 2.98. The molecule has 1 aromatic rings. The summed E-state index contributed by atoms with van der Waals surface area (Å²) in [6.45, 7) is 7.51. The zero-order valence-electron chi connectivity index (χ0n) is 9.09. The first kappa shape index (κ1) is 10.9. The van der Waals surface area contributed by atoms with E-state index in [1.54, 1.807) is 0 Å². The summed E-state index contributed by atoms with van der Waals surface area (Å²) in [5, 5.41) is 11.4. The molecule has 14 heavy (non-hydrogen) atoms. The first-order valence-electron chi connectivity index (χ1n) is 4.97. The van der Waals surface area contributed by atoms with Gasteiger partial charge in [0, 0.05) is 18.7 Å². The van der Waals surface area contributed by atoms with Crippen molar-refractivity contribution in [1.82, 2.24) is 10.2 Å². The normalized spacial score (nSPS) is 10.3. The molecular formula is C10H18N4. The van der Waals surface area contributed by atoms with E-state index in [1.807, 2.05) is 13.8 Å². The number of anilines is 1. The van der Waals surface area contributed by atoms with Crippen LogP contribution in [0, 0.1) is 13.8 Å². The maximum absolute atomic E-state index is 5.68. The van der Waals surface area contributed by atoms with Crippen molar-refractivity contribution in [3.63, 3.8) is 0 Å². The second-order valence-corrected chi connectivity index (χ2v) is 3.37. The topological polar surface area (TPSA) is 63.8 Å². The molecule has 78 valence electrons. The number of nitrogens with two attached hydrogens (primary N) is 1. The highest BCUT2D eigenvalue weighted by molar-refractivity contribution is 5.48. The van der Waals surface area contributed by atoms with E-state index >= 15 is 0 Å². The second kappa shape index (κ2) is 4.91. The van der Waals surface area contributed by atoms with Crippen molar-refractivity contribution in [2.45, 2.75) is 33.7 Å². The van der Waals surface area contributed by atoms with Gasteiger partial charge in [0.2, 0.25) is 0 Å². The van der Waals surface area contributed by atoms with Crippen molar-refractivity contribution in [2.24, 2.45) is 5.73 Å². The molecule has 0 amide bonds. The fraction of sp³-hybridized carbons (Fsp3) is 0.600. The minimum atomic E-state index is 0.508. The molecule has 1 rings (SSSR count). The number of hydrogen-bond acceptors (Lipinski definition) is 4. The van der Waals surface area contributed by atoms with Gasteiger partial charge in [0.25, 0.3) is 0 Å². The van der Waals surface area contributed by atoms with Gasteiger partial charge in [-0.3, -0.25) is 0 Å². The third-order valence-corrected chi connectivity index (χ3v) is 2.33. The maximum atomic E-state index is 5.68. The Morgan fingerprint density at radius 3 is 2.57 bits per heavy atom. The lowest BCUT2D eigenvalue weighted by Gasteiger charge is -2.11. The molecule has 0 saturated carbocycles. The van der Waals surface area contributed by atoms with Crippen molar-refractivity contribution in [2.75, 3.05) is 11.9 Å². The van der Waals surface area contributed by atoms with Crippen LogP contribution >= 0.6 is 0 Å². The molecule has 1 aromatic heterocycles. The van der Waals surface area contributed by atoms with E-state index in [4.69, 9.17) is 5.73 Å². The summed E-state index contributed by atoms with van der Waals surface area (Å²) < 4.78 is 0. The van der Waals surface area contributed by atoms with Crippen LogP contribution in [0.3, 0.4) is 0 Å². The lowest BCUT2D eigenvalue weighted by atomic mass is 10.1. The van der Waals surface area contributed by atoms with Crippen LogP contribution in [-0.2, 0) is 6.54 Å². The molecule has 0 unspecified atom stereocenters. The van der Waals surface area contributed by atoms with Gasteiger partial charge in [-0.05, 0) is 25.8 Å². The molecule has 3 N–H and O–H groups in total. The van der Waals surface area contributed by atoms with E-state index in [0.717, 1.165) is 35.6 Å². The molecule has 0 radical (unpaired) electrons. The summed E-state index contributed by atoms with van der Waals surface area (Å²) in [5.41, 5.74) is 8.85. The number of rotatable bonds is 4. The minimum Gasteiger partial charge on any atom is -0.368 e. The van der Waals surface area contributed by atoms with Crippen molar-refractivity contribution < 1.29 is 0 Å². The SMILES string of the molecule is CCCNc1nnc(C)c(C)c1CN. The molecule has 0 spiro atoms. The third-order valence-electron chi connectivity index (χ3n) is 2.33. The van der Waals surface area contributed by atoms with Crippen LogP contribution in [0.5, 0.6) is 0 Å². The van der Waals surface area contributed by atoms with E-state index in [9.17, 15) is 0 Å². The highest BCUT2D eigenvalue weighted by atomic mass is 15.2. The fourth-order valence-corrected chi connectivity index (χ4v) is 1.29. The fourth-order valence-electron chi connectivity index (χ4n) is 1.29. The van der Waals surface area contributed by atoms with Gasteiger partial charge in [-0.15, -0.1) is 5.10 Å². The molecular weight excluding hydrogens is 176 g/mol. The van der Waals surface area contributed by atoms with Gasteiger partial charge >= 0.3 is 0 Å². The van der Waals surface area contributed by atoms with Crippen LogP contribution in [0.2, 0.25) is 0 Å². The minimum absolute atomic E-state index is 0.508. The van der Waals surface area contributed by atoms with Crippen LogP contribution in [0.4, 0.5) is 5.82 Å². The van der Waals surface area contributed by atoms with Crippen molar-refractivity contribution in [3.8, 4) is 0 Å². The van der Waals surface area contributed by atoms with E-state index in [1.165, 1.54) is 0 Å². The summed E-state index contributed by atoms with van der Waals surface area (Å²) in [5.74, 6) is 0.831. The second-order valence-electron chi connectivity index (χ2n) is 3.37. The zero-order chi connectivity index (χ0) is 10.6. The summed E-state index contributed by atoms with van der Waals surface area (Å²) in [7, 11) is 0. The third kappa shape index (κ3) is 2.20. The van der Waals surface area contributed by atoms with Crippen LogP contribution in [0.25, 0.3) is 0 Å². The van der Waals surface area contributed by atoms with Crippen LogP contribution < -0.4 is 11.1 Å². The average molecular weight is 194 g/mol. The van der Waals surface area contributed by atoms with Gasteiger partial charge in [0.1, 0.15) is 0 Å². The van der Waals surface area contributed by atoms with E-state index in [2.05, 4.69) is 22.4 Å². The first-order chi connectivity index (χ1) is 6.70. The van der Waals surface area contributed by atoms with Crippen LogP contribution in [0.1, 0.15) is 30.2 Å². The van der Waals surface area contributed by atoms with E-state index in [0.29, 0.717) is 6.54 Å². The van der Waals surface area contributed by atoms with Gasteiger partial charge in [-0.25, -0.2) is 0 Å². The largest absolute Gasteiger partial charge is 0.368 e. The Labute approximate surface area is 84.9 Å². The summed E-state index contributed by atoms with van der Waals surface area (Å²) in [4.78, 5) is 0. The molecule has 0 saturated heterocycles. The highest BCUT2D eigenvalue weighted by Crippen LogP contribution is 2.17. The van der Waals surface area contributed by atoms with Crippen molar-refractivity contribution >= 4 is 5.82 Å². The van der Waals surface area contributed by atoms with Crippen molar-refractivity contribution in [3.05, 3.63) is 16.8 Å². The average Bonchev–Trinajstić information content (AvgIpc) is 2.20. The molecule has 4 heteroatoms. The van der Waals surface area contributed by atoms with Crippen LogP contribution in [-0.4, -0.2) is 16.7 Å². The van der Waals surface area contributed by atoms with E-state index < -0.39 is 0 Å².